The minimum absolute atomic E-state index is 0.690. The predicted molar refractivity (Wildman–Crippen MR) is 78.1 cm³/mol. The third-order valence-electron chi connectivity index (χ3n) is 3.15. The molecule has 3 aromatic rings. The summed E-state index contributed by atoms with van der Waals surface area (Å²) in [7, 11) is 0. The molecule has 0 bridgehead atoms. The third-order valence-corrected chi connectivity index (χ3v) is 3.15. The molecule has 5 heteroatoms. The van der Waals surface area contributed by atoms with E-state index in [4.69, 9.17) is 0 Å². The number of nitrogens with zero attached hydrogens (tertiary/aromatic N) is 5. The van der Waals surface area contributed by atoms with Crippen LogP contribution >= 0.6 is 0 Å². The van der Waals surface area contributed by atoms with Crippen molar-refractivity contribution in [3.8, 4) is 0 Å². The maximum atomic E-state index is 4.27. The fraction of sp³-hybridized carbons (Fsp3) is 0.200. The van der Waals surface area contributed by atoms with Gasteiger partial charge in [-0.15, -0.1) is 0 Å². The largest absolute Gasteiger partial charge is 0.332 e. The second-order valence-electron chi connectivity index (χ2n) is 4.75. The van der Waals surface area contributed by atoms with E-state index in [0.717, 1.165) is 5.69 Å². The average molecular weight is 267 g/mol. The summed E-state index contributed by atoms with van der Waals surface area (Å²) in [6.07, 6.45) is 7.51. The van der Waals surface area contributed by atoms with Crippen LogP contribution in [0, 0.1) is 6.92 Å². The fourth-order valence-corrected chi connectivity index (χ4v) is 2.08. The second kappa shape index (κ2) is 5.61. The van der Waals surface area contributed by atoms with Gasteiger partial charge in [0.1, 0.15) is 13.3 Å². The van der Waals surface area contributed by atoms with Crippen molar-refractivity contribution in [1.29, 1.82) is 0 Å². The average Bonchev–Trinajstić information content (AvgIpc) is 3.12. The van der Waals surface area contributed by atoms with Crippen LogP contribution in [0.3, 0.4) is 0 Å². The Balaban J connectivity index is 1.84. The van der Waals surface area contributed by atoms with Crippen molar-refractivity contribution in [2.75, 3.05) is 4.90 Å². The lowest BCUT2D eigenvalue weighted by molar-refractivity contribution is 0.499. The van der Waals surface area contributed by atoms with Crippen LogP contribution in [-0.4, -0.2) is 19.6 Å². The maximum absolute atomic E-state index is 4.27. The highest BCUT2D eigenvalue weighted by atomic mass is 15.4. The number of aryl methyl sites for hydroxylation is 1. The van der Waals surface area contributed by atoms with Gasteiger partial charge in [-0.2, -0.15) is 10.2 Å². The quantitative estimate of drug-likeness (QED) is 0.713. The van der Waals surface area contributed by atoms with Gasteiger partial charge >= 0.3 is 0 Å². The van der Waals surface area contributed by atoms with Crippen molar-refractivity contribution >= 4 is 5.69 Å². The number of hydrogen-bond donors (Lipinski definition) is 0. The predicted octanol–water partition coefficient (Wildman–Crippen LogP) is 2.51. The molecule has 1 aromatic carbocycles. The molecule has 102 valence electrons. The molecule has 2 aromatic heterocycles. The van der Waals surface area contributed by atoms with Crippen molar-refractivity contribution in [3.05, 3.63) is 66.7 Å². The first-order valence-electron chi connectivity index (χ1n) is 6.58. The Labute approximate surface area is 118 Å². The van der Waals surface area contributed by atoms with Gasteiger partial charge in [0.25, 0.3) is 0 Å². The van der Waals surface area contributed by atoms with E-state index in [1.807, 2.05) is 33.9 Å². The van der Waals surface area contributed by atoms with Gasteiger partial charge in [0.15, 0.2) is 0 Å². The molecule has 3 rings (SSSR count). The zero-order chi connectivity index (χ0) is 13.8. The lowest BCUT2D eigenvalue weighted by Crippen LogP contribution is -2.29. The highest BCUT2D eigenvalue weighted by Gasteiger charge is 2.08. The van der Waals surface area contributed by atoms with Crippen LogP contribution in [0.15, 0.2) is 61.2 Å². The lowest BCUT2D eigenvalue weighted by atomic mass is 10.2. The van der Waals surface area contributed by atoms with Gasteiger partial charge < -0.3 is 4.90 Å². The lowest BCUT2D eigenvalue weighted by Gasteiger charge is -2.24. The summed E-state index contributed by atoms with van der Waals surface area (Å²) in [5, 5.41) is 8.55. The fourth-order valence-electron chi connectivity index (χ4n) is 2.08. The van der Waals surface area contributed by atoms with E-state index in [0.29, 0.717) is 13.3 Å². The molecular formula is C15H17N5. The van der Waals surface area contributed by atoms with E-state index in [9.17, 15) is 0 Å². The molecule has 0 amide bonds. The van der Waals surface area contributed by atoms with Gasteiger partial charge in [-0.05, 0) is 31.2 Å². The van der Waals surface area contributed by atoms with Gasteiger partial charge in [0, 0.05) is 30.5 Å². The highest BCUT2D eigenvalue weighted by Crippen LogP contribution is 2.16. The molecule has 0 aliphatic rings. The van der Waals surface area contributed by atoms with Crippen molar-refractivity contribution in [2.45, 2.75) is 20.3 Å². The van der Waals surface area contributed by atoms with Crippen LogP contribution < -0.4 is 4.90 Å². The van der Waals surface area contributed by atoms with E-state index in [1.54, 1.807) is 12.4 Å². The van der Waals surface area contributed by atoms with Gasteiger partial charge in [-0.1, -0.05) is 17.7 Å². The SMILES string of the molecule is Cc1ccc(N(Cn2cccn2)Cn2cccn2)cc1. The minimum Gasteiger partial charge on any atom is -0.332 e. The summed E-state index contributed by atoms with van der Waals surface area (Å²) in [4.78, 5) is 2.22. The molecule has 0 unspecified atom stereocenters. The Bertz CT molecular complexity index is 589. The Morgan fingerprint density at radius 2 is 1.45 bits per heavy atom. The Kier molecular flexibility index (Phi) is 3.50. The third kappa shape index (κ3) is 2.88. The smallest absolute Gasteiger partial charge is 0.113 e. The molecule has 0 saturated carbocycles. The minimum atomic E-state index is 0.690. The molecule has 0 saturated heterocycles. The molecule has 0 aliphatic heterocycles. The van der Waals surface area contributed by atoms with Crippen LogP contribution in [-0.2, 0) is 13.3 Å². The van der Waals surface area contributed by atoms with Crippen LogP contribution in [0.4, 0.5) is 5.69 Å². The summed E-state index contributed by atoms with van der Waals surface area (Å²) in [5.41, 5.74) is 2.41. The number of benzene rings is 1. The summed E-state index contributed by atoms with van der Waals surface area (Å²) >= 11 is 0. The molecule has 0 fully saturated rings. The number of rotatable bonds is 5. The monoisotopic (exact) mass is 267 g/mol. The molecule has 0 aliphatic carbocycles. The van der Waals surface area contributed by atoms with Crippen LogP contribution in [0.5, 0.6) is 0 Å². The van der Waals surface area contributed by atoms with E-state index in [1.165, 1.54) is 5.56 Å². The van der Waals surface area contributed by atoms with Gasteiger partial charge in [-0.3, -0.25) is 9.36 Å². The van der Waals surface area contributed by atoms with Crippen molar-refractivity contribution in [3.63, 3.8) is 0 Å². The number of anilines is 1. The summed E-state index contributed by atoms with van der Waals surface area (Å²) in [6, 6.07) is 12.4. The molecule has 20 heavy (non-hydrogen) atoms. The standard InChI is InChI=1S/C15H17N5/c1-14-4-6-15(7-5-14)18(12-19-10-2-8-16-19)13-20-11-3-9-17-20/h2-11H,12-13H2,1H3. The zero-order valence-corrected chi connectivity index (χ0v) is 11.4. The summed E-state index contributed by atoms with van der Waals surface area (Å²) in [6.45, 7) is 3.47. The maximum Gasteiger partial charge on any atom is 0.113 e. The second-order valence-corrected chi connectivity index (χ2v) is 4.75. The molecular weight excluding hydrogens is 250 g/mol. The number of hydrogen-bond acceptors (Lipinski definition) is 3. The highest BCUT2D eigenvalue weighted by molar-refractivity contribution is 5.46. The summed E-state index contributed by atoms with van der Waals surface area (Å²) in [5.74, 6) is 0. The number of aromatic nitrogens is 4. The van der Waals surface area contributed by atoms with Gasteiger partial charge in [0.05, 0.1) is 0 Å². The van der Waals surface area contributed by atoms with E-state index >= 15 is 0 Å². The first kappa shape index (κ1) is 12.5. The van der Waals surface area contributed by atoms with Crippen LogP contribution in [0.25, 0.3) is 0 Å². The first-order chi connectivity index (χ1) is 9.81. The topological polar surface area (TPSA) is 38.9 Å². The Morgan fingerprint density at radius 1 is 0.900 bits per heavy atom. The molecule has 0 atom stereocenters. The normalized spacial score (nSPS) is 10.7. The molecule has 0 radical (unpaired) electrons. The molecule has 2 heterocycles. The summed E-state index contributed by atoms with van der Waals surface area (Å²) < 4.78 is 3.81. The zero-order valence-electron chi connectivity index (χ0n) is 11.4. The molecule has 0 spiro atoms. The Hall–Kier alpha value is -2.56. The van der Waals surface area contributed by atoms with E-state index in [-0.39, 0.29) is 0 Å². The molecule has 5 nitrogen and oxygen atoms in total. The van der Waals surface area contributed by atoms with Gasteiger partial charge in [-0.25, -0.2) is 0 Å². The van der Waals surface area contributed by atoms with Crippen LogP contribution in [0.2, 0.25) is 0 Å². The van der Waals surface area contributed by atoms with E-state index in [2.05, 4.69) is 46.3 Å². The van der Waals surface area contributed by atoms with Crippen molar-refractivity contribution < 1.29 is 0 Å². The molecule has 0 N–H and O–H groups in total. The van der Waals surface area contributed by atoms with Gasteiger partial charge in [0.2, 0.25) is 0 Å². The van der Waals surface area contributed by atoms with Crippen molar-refractivity contribution in [2.24, 2.45) is 0 Å². The Morgan fingerprint density at radius 3 is 1.90 bits per heavy atom. The van der Waals surface area contributed by atoms with E-state index < -0.39 is 0 Å². The first-order valence-corrected chi connectivity index (χ1v) is 6.58. The van der Waals surface area contributed by atoms with Crippen LogP contribution in [0.1, 0.15) is 5.56 Å². The van der Waals surface area contributed by atoms with Crippen molar-refractivity contribution in [1.82, 2.24) is 19.6 Å².